The number of likely N-dealkylation sites (tertiary alicyclic amines) is 1. The van der Waals surface area contributed by atoms with E-state index in [-0.39, 0.29) is 24.2 Å². The number of hydrogen-bond donors (Lipinski definition) is 2. The maximum atomic E-state index is 11.8. The number of hydrogen-bond acceptors (Lipinski definition) is 3. The van der Waals surface area contributed by atoms with E-state index in [4.69, 9.17) is 5.73 Å². The Hall–Kier alpha value is -1.10. The van der Waals surface area contributed by atoms with Crippen molar-refractivity contribution >= 4 is 18.3 Å². The van der Waals surface area contributed by atoms with Gasteiger partial charge in [-0.1, -0.05) is 44.5 Å². The summed E-state index contributed by atoms with van der Waals surface area (Å²) in [6.07, 6.45) is 4.01. The fraction of sp³-hybridized carbons (Fsp3) is 0.611. The Balaban J connectivity index is 0.00000264. The van der Waals surface area contributed by atoms with Crippen LogP contribution < -0.4 is 11.1 Å². The summed E-state index contributed by atoms with van der Waals surface area (Å²) in [6.45, 7) is 7.92. The van der Waals surface area contributed by atoms with Crippen molar-refractivity contribution in [3.63, 3.8) is 0 Å². The van der Waals surface area contributed by atoms with E-state index in [1.54, 1.807) is 0 Å². The average molecular weight is 340 g/mol. The van der Waals surface area contributed by atoms with Gasteiger partial charge in [-0.15, -0.1) is 12.4 Å². The lowest BCUT2D eigenvalue weighted by atomic mass is 10.0. The van der Waals surface area contributed by atoms with Crippen LogP contribution in [0.4, 0.5) is 0 Å². The number of carbonyl (C=O) groups is 1. The Kier molecular flexibility index (Phi) is 8.59. The molecule has 1 aromatic carbocycles. The van der Waals surface area contributed by atoms with Crippen LogP contribution in [-0.4, -0.2) is 29.9 Å². The first-order chi connectivity index (χ1) is 10.6. The molecule has 2 rings (SSSR count). The van der Waals surface area contributed by atoms with Gasteiger partial charge >= 0.3 is 0 Å². The average Bonchev–Trinajstić information content (AvgIpc) is 2.54. The van der Waals surface area contributed by atoms with Crippen LogP contribution in [0.3, 0.4) is 0 Å². The molecule has 1 aliphatic heterocycles. The van der Waals surface area contributed by atoms with Crippen LogP contribution >= 0.6 is 12.4 Å². The SMILES string of the molecule is CC(C)[C@H](N)C(=O)NCc1ccc(CN2CCCCC2)cc1.Cl. The Morgan fingerprint density at radius 2 is 1.70 bits per heavy atom. The smallest absolute Gasteiger partial charge is 0.237 e. The molecule has 0 saturated carbocycles. The number of halogens is 1. The van der Waals surface area contributed by atoms with Crippen molar-refractivity contribution in [2.24, 2.45) is 11.7 Å². The Morgan fingerprint density at radius 1 is 1.13 bits per heavy atom. The van der Waals surface area contributed by atoms with Gasteiger partial charge in [-0.25, -0.2) is 0 Å². The van der Waals surface area contributed by atoms with Crippen molar-refractivity contribution in [1.82, 2.24) is 10.2 Å². The summed E-state index contributed by atoms with van der Waals surface area (Å²) in [6, 6.07) is 8.09. The number of rotatable bonds is 6. The molecule has 0 radical (unpaired) electrons. The normalized spacial score (nSPS) is 16.7. The first-order valence-corrected chi connectivity index (χ1v) is 8.39. The summed E-state index contributed by atoms with van der Waals surface area (Å²) in [5.74, 6) is 0.0827. The second kappa shape index (κ2) is 9.91. The van der Waals surface area contributed by atoms with Crippen LogP contribution in [0.5, 0.6) is 0 Å². The Bertz CT molecular complexity index is 470. The van der Waals surface area contributed by atoms with Gasteiger partial charge in [-0.3, -0.25) is 9.69 Å². The zero-order valence-corrected chi connectivity index (χ0v) is 15.1. The molecule has 1 aromatic rings. The van der Waals surface area contributed by atoms with Gasteiger partial charge in [0.1, 0.15) is 0 Å². The van der Waals surface area contributed by atoms with Crippen molar-refractivity contribution in [3.05, 3.63) is 35.4 Å². The van der Waals surface area contributed by atoms with Gasteiger partial charge < -0.3 is 11.1 Å². The molecule has 1 aliphatic rings. The van der Waals surface area contributed by atoms with Crippen LogP contribution in [0.1, 0.15) is 44.2 Å². The van der Waals surface area contributed by atoms with E-state index in [9.17, 15) is 4.79 Å². The van der Waals surface area contributed by atoms with Gasteiger partial charge in [0.2, 0.25) is 5.91 Å². The fourth-order valence-corrected chi connectivity index (χ4v) is 2.75. The highest BCUT2D eigenvalue weighted by atomic mass is 35.5. The third-order valence-corrected chi connectivity index (χ3v) is 4.37. The maximum absolute atomic E-state index is 11.8. The molecule has 0 bridgehead atoms. The minimum Gasteiger partial charge on any atom is -0.351 e. The lowest BCUT2D eigenvalue weighted by molar-refractivity contribution is -0.123. The number of amides is 1. The molecule has 5 heteroatoms. The first-order valence-electron chi connectivity index (χ1n) is 8.39. The van der Waals surface area contributed by atoms with Crippen molar-refractivity contribution < 1.29 is 4.79 Å². The second-order valence-corrected chi connectivity index (χ2v) is 6.64. The summed E-state index contributed by atoms with van der Waals surface area (Å²) in [5, 5.41) is 2.91. The number of nitrogens with one attached hydrogen (secondary N) is 1. The summed E-state index contributed by atoms with van der Waals surface area (Å²) in [5.41, 5.74) is 8.30. The van der Waals surface area contributed by atoms with Crippen LogP contribution in [0.25, 0.3) is 0 Å². The topological polar surface area (TPSA) is 58.4 Å². The Labute approximate surface area is 146 Å². The molecule has 1 fully saturated rings. The van der Waals surface area contributed by atoms with E-state index >= 15 is 0 Å². The third kappa shape index (κ3) is 6.50. The van der Waals surface area contributed by atoms with Crippen molar-refractivity contribution in [2.45, 2.75) is 52.2 Å². The van der Waals surface area contributed by atoms with Gasteiger partial charge in [0, 0.05) is 13.1 Å². The predicted molar refractivity (Wildman–Crippen MR) is 97.5 cm³/mol. The molecule has 1 amide bonds. The number of carbonyl (C=O) groups excluding carboxylic acids is 1. The summed E-state index contributed by atoms with van der Waals surface area (Å²) in [4.78, 5) is 14.4. The van der Waals surface area contributed by atoms with Crippen LogP contribution in [0.15, 0.2) is 24.3 Å². The molecule has 3 N–H and O–H groups in total. The number of piperidine rings is 1. The summed E-state index contributed by atoms with van der Waals surface area (Å²) >= 11 is 0. The van der Waals surface area contributed by atoms with E-state index in [1.807, 2.05) is 13.8 Å². The molecular formula is C18H30ClN3O. The molecular weight excluding hydrogens is 310 g/mol. The van der Waals surface area contributed by atoms with Crippen LogP contribution in [0.2, 0.25) is 0 Å². The van der Waals surface area contributed by atoms with E-state index in [1.165, 1.54) is 37.9 Å². The Morgan fingerprint density at radius 3 is 2.26 bits per heavy atom. The molecule has 130 valence electrons. The van der Waals surface area contributed by atoms with Gasteiger partial charge in [-0.05, 0) is 43.0 Å². The monoisotopic (exact) mass is 339 g/mol. The second-order valence-electron chi connectivity index (χ2n) is 6.64. The first kappa shape index (κ1) is 19.9. The van der Waals surface area contributed by atoms with Gasteiger partial charge in [0.05, 0.1) is 6.04 Å². The molecule has 0 unspecified atom stereocenters. The van der Waals surface area contributed by atoms with E-state index < -0.39 is 6.04 Å². The highest BCUT2D eigenvalue weighted by Crippen LogP contribution is 2.13. The molecule has 1 saturated heterocycles. The standard InChI is InChI=1S/C18H29N3O.ClH/c1-14(2)17(19)18(22)20-12-15-6-8-16(9-7-15)13-21-10-4-3-5-11-21;/h6-9,14,17H,3-5,10-13,19H2,1-2H3,(H,20,22);1H/t17-;/m0./s1. The third-order valence-electron chi connectivity index (χ3n) is 4.37. The van der Waals surface area contributed by atoms with Crippen molar-refractivity contribution in [2.75, 3.05) is 13.1 Å². The summed E-state index contributed by atoms with van der Waals surface area (Å²) < 4.78 is 0. The number of nitrogens with zero attached hydrogens (tertiary/aromatic N) is 1. The molecule has 23 heavy (non-hydrogen) atoms. The highest BCUT2D eigenvalue weighted by molar-refractivity contribution is 5.85. The van der Waals surface area contributed by atoms with E-state index in [0.29, 0.717) is 6.54 Å². The van der Waals surface area contributed by atoms with E-state index in [2.05, 4.69) is 34.5 Å². The van der Waals surface area contributed by atoms with Crippen molar-refractivity contribution in [1.29, 1.82) is 0 Å². The van der Waals surface area contributed by atoms with Crippen LogP contribution in [-0.2, 0) is 17.9 Å². The number of nitrogens with two attached hydrogens (primary N) is 1. The molecule has 0 aromatic heterocycles. The molecule has 4 nitrogen and oxygen atoms in total. The van der Waals surface area contributed by atoms with E-state index in [0.717, 1.165) is 12.1 Å². The minimum absolute atomic E-state index is 0. The minimum atomic E-state index is -0.432. The van der Waals surface area contributed by atoms with Gasteiger partial charge in [-0.2, -0.15) is 0 Å². The van der Waals surface area contributed by atoms with Gasteiger partial charge in [0.15, 0.2) is 0 Å². The zero-order chi connectivity index (χ0) is 15.9. The predicted octanol–water partition coefficient (Wildman–Crippen LogP) is 2.69. The van der Waals surface area contributed by atoms with Gasteiger partial charge in [0.25, 0.3) is 0 Å². The quantitative estimate of drug-likeness (QED) is 0.837. The largest absolute Gasteiger partial charge is 0.351 e. The van der Waals surface area contributed by atoms with Crippen LogP contribution in [0, 0.1) is 5.92 Å². The number of benzene rings is 1. The fourth-order valence-electron chi connectivity index (χ4n) is 2.75. The maximum Gasteiger partial charge on any atom is 0.237 e. The lowest BCUT2D eigenvalue weighted by Gasteiger charge is -2.26. The molecule has 1 atom stereocenters. The molecule has 0 spiro atoms. The summed E-state index contributed by atoms with van der Waals surface area (Å²) in [7, 11) is 0. The highest BCUT2D eigenvalue weighted by Gasteiger charge is 2.16. The zero-order valence-electron chi connectivity index (χ0n) is 14.3. The lowest BCUT2D eigenvalue weighted by Crippen LogP contribution is -2.43. The molecule has 0 aliphatic carbocycles. The molecule has 1 heterocycles. The van der Waals surface area contributed by atoms with Crippen molar-refractivity contribution in [3.8, 4) is 0 Å².